The molecule has 2 rings (SSSR count). The molecule has 0 aliphatic carbocycles. The molecule has 0 radical (unpaired) electrons. The number of imidazole rings is 1. The fourth-order valence-corrected chi connectivity index (χ4v) is 2.28. The van der Waals surface area contributed by atoms with E-state index in [4.69, 9.17) is 10.5 Å². The molecular formula is C12H21N3O. The van der Waals surface area contributed by atoms with Crippen LogP contribution in [0.5, 0.6) is 0 Å². The first-order valence-electron chi connectivity index (χ1n) is 6.00. The van der Waals surface area contributed by atoms with Crippen LogP contribution < -0.4 is 5.73 Å². The number of nitrogens with zero attached hydrogens (tertiary/aromatic N) is 2. The quantitative estimate of drug-likeness (QED) is 0.834. The van der Waals surface area contributed by atoms with Gasteiger partial charge >= 0.3 is 0 Å². The highest BCUT2D eigenvalue weighted by molar-refractivity contribution is 5.00. The first-order valence-corrected chi connectivity index (χ1v) is 6.00. The fourth-order valence-electron chi connectivity index (χ4n) is 2.28. The zero-order valence-corrected chi connectivity index (χ0v) is 9.98. The molecule has 2 heterocycles. The van der Waals surface area contributed by atoms with Crippen LogP contribution in [0.1, 0.15) is 25.5 Å². The van der Waals surface area contributed by atoms with Crippen molar-refractivity contribution in [2.45, 2.75) is 32.7 Å². The van der Waals surface area contributed by atoms with E-state index in [0.29, 0.717) is 12.0 Å². The maximum Gasteiger partial charge on any atom is 0.0948 e. The monoisotopic (exact) mass is 223 g/mol. The van der Waals surface area contributed by atoms with Crippen molar-refractivity contribution in [2.75, 3.05) is 19.8 Å². The van der Waals surface area contributed by atoms with Crippen LogP contribution in [0.2, 0.25) is 0 Å². The second-order valence-corrected chi connectivity index (χ2v) is 4.97. The topological polar surface area (TPSA) is 53.1 Å². The van der Waals surface area contributed by atoms with E-state index in [1.165, 1.54) is 5.69 Å². The summed E-state index contributed by atoms with van der Waals surface area (Å²) in [5.74, 6) is 0. The maximum atomic E-state index is 5.59. The first kappa shape index (κ1) is 11.6. The molecule has 0 bridgehead atoms. The number of nitrogens with two attached hydrogens (primary N) is 1. The van der Waals surface area contributed by atoms with Gasteiger partial charge in [-0.05, 0) is 24.8 Å². The highest BCUT2D eigenvalue weighted by atomic mass is 16.5. The van der Waals surface area contributed by atoms with Crippen LogP contribution in [0.3, 0.4) is 0 Å². The molecule has 1 aliphatic heterocycles. The Bertz CT molecular complexity index is 329. The van der Waals surface area contributed by atoms with Crippen molar-refractivity contribution < 1.29 is 4.74 Å². The summed E-state index contributed by atoms with van der Waals surface area (Å²) in [6.07, 6.45) is 7.02. The van der Waals surface area contributed by atoms with Gasteiger partial charge in [0.1, 0.15) is 0 Å². The molecule has 1 aromatic rings. The third kappa shape index (κ3) is 2.62. The minimum Gasteiger partial charge on any atom is -0.381 e. The van der Waals surface area contributed by atoms with E-state index in [0.717, 1.165) is 39.0 Å². The Morgan fingerprint density at radius 3 is 2.94 bits per heavy atom. The van der Waals surface area contributed by atoms with Crippen molar-refractivity contribution in [2.24, 2.45) is 11.1 Å². The molecule has 0 spiro atoms. The Morgan fingerprint density at radius 1 is 1.50 bits per heavy atom. The SMILES string of the molecule is CC1(Cn2cncc2CCN)CCOCC1. The Balaban J connectivity index is 2.04. The van der Waals surface area contributed by atoms with Crippen LogP contribution in [-0.4, -0.2) is 29.3 Å². The lowest BCUT2D eigenvalue weighted by Gasteiger charge is -2.34. The van der Waals surface area contributed by atoms with Crippen LogP contribution in [0.15, 0.2) is 12.5 Å². The molecule has 4 nitrogen and oxygen atoms in total. The summed E-state index contributed by atoms with van der Waals surface area (Å²) in [5.41, 5.74) is 7.19. The maximum absolute atomic E-state index is 5.59. The molecule has 0 unspecified atom stereocenters. The largest absolute Gasteiger partial charge is 0.381 e. The van der Waals surface area contributed by atoms with Crippen LogP contribution in [-0.2, 0) is 17.7 Å². The highest BCUT2D eigenvalue weighted by Gasteiger charge is 2.28. The minimum atomic E-state index is 0.350. The first-order chi connectivity index (χ1) is 7.73. The van der Waals surface area contributed by atoms with Gasteiger partial charge in [-0.15, -0.1) is 0 Å². The number of aromatic nitrogens is 2. The van der Waals surface area contributed by atoms with Gasteiger partial charge in [0.2, 0.25) is 0 Å². The van der Waals surface area contributed by atoms with Gasteiger partial charge in [0.05, 0.1) is 6.33 Å². The Morgan fingerprint density at radius 2 is 2.25 bits per heavy atom. The van der Waals surface area contributed by atoms with Gasteiger partial charge in [-0.2, -0.15) is 0 Å². The number of hydrogen-bond acceptors (Lipinski definition) is 3. The van der Waals surface area contributed by atoms with E-state index >= 15 is 0 Å². The molecule has 1 aromatic heterocycles. The number of rotatable bonds is 4. The van der Waals surface area contributed by atoms with Gasteiger partial charge < -0.3 is 15.0 Å². The van der Waals surface area contributed by atoms with E-state index < -0.39 is 0 Å². The molecule has 0 atom stereocenters. The van der Waals surface area contributed by atoms with Gasteiger partial charge in [0, 0.05) is 38.1 Å². The molecule has 90 valence electrons. The third-order valence-corrected chi connectivity index (χ3v) is 3.45. The lowest BCUT2D eigenvalue weighted by atomic mass is 9.82. The predicted octanol–water partition coefficient (Wildman–Crippen LogP) is 1.20. The van der Waals surface area contributed by atoms with Crippen molar-refractivity contribution in [3.63, 3.8) is 0 Å². The zero-order chi connectivity index (χ0) is 11.4. The van der Waals surface area contributed by atoms with Crippen LogP contribution >= 0.6 is 0 Å². The molecule has 0 amide bonds. The molecule has 0 aromatic carbocycles. The van der Waals surface area contributed by atoms with Gasteiger partial charge in [-0.25, -0.2) is 4.98 Å². The Labute approximate surface area is 96.8 Å². The molecule has 16 heavy (non-hydrogen) atoms. The molecule has 1 fully saturated rings. The second kappa shape index (κ2) is 4.97. The molecular weight excluding hydrogens is 202 g/mol. The molecule has 4 heteroatoms. The van der Waals surface area contributed by atoms with Crippen LogP contribution in [0, 0.1) is 5.41 Å². The minimum absolute atomic E-state index is 0.350. The summed E-state index contributed by atoms with van der Waals surface area (Å²) in [7, 11) is 0. The van der Waals surface area contributed by atoms with Gasteiger partial charge in [0.15, 0.2) is 0 Å². The van der Waals surface area contributed by atoms with Gasteiger partial charge in [0.25, 0.3) is 0 Å². The van der Waals surface area contributed by atoms with Gasteiger partial charge in [-0.1, -0.05) is 6.92 Å². The molecule has 2 N–H and O–H groups in total. The number of hydrogen-bond donors (Lipinski definition) is 1. The van der Waals surface area contributed by atoms with Crippen LogP contribution in [0.4, 0.5) is 0 Å². The third-order valence-electron chi connectivity index (χ3n) is 3.45. The van der Waals surface area contributed by atoms with E-state index in [9.17, 15) is 0 Å². The van der Waals surface area contributed by atoms with E-state index in [2.05, 4.69) is 16.5 Å². The summed E-state index contributed by atoms with van der Waals surface area (Å²) in [5, 5.41) is 0. The van der Waals surface area contributed by atoms with Crippen molar-refractivity contribution in [3.8, 4) is 0 Å². The standard InChI is InChI=1S/C12H21N3O/c1-12(3-6-16-7-4-12)9-15-10-14-8-11(15)2-5-13/h8,10H,2-7,9,13H2,1H3. The average Bonchev–Trinajstić information content (AvgIpc) is 2.67. The lowest BCUT2D eigenvalue weighted by molar-refractivity contribution is 0.0152. The van der Waals surface area contributed by atoms with Gasteiger partial charge in [-0.3, -0.25) is 0 Å². The van der Waals surface area contributed by atoms with E-state index in [-0.39, 0.29) is 0 Å². The smallest absolute Gasteiger partial charge is 0.0948 e. The van der Waals surface area contributed by atoms with Crippen molar-refractivity contribution in [3.05, 3.63) is 18.2 Å². The Hall–Kier alpha value is -0.870. The normalized spacial score (nSPS) is 19.9. The van der Waals surface area contributed by atoms with E-state index in [1.54, 1.807) is 0 Å². The summed E-state index contributed by atoms with van der Waals surface area (Å²) < 4.78 is 7.67. The molecule has 0 saturated carbocycles. The van der Waals surface area contributed by atoms with Crippen molar-refractivity contribution in [1.82, 2.24) is 9.55 Å². The Kier molecular flexibility index (Phi) is 3.61. The summed E-state index contributed by atoms with van der Waals surface area (Å²) in [4.78, 5) is 4.21. The summed E-state index contributed by atoms with van der Waals surface area (Å²) >= 11 is 0. The molecule has 1 saturated heterocycles. The second-order valence-electron chi connectivity index (χ2n) is 4.97. The fraction of sp³-hybridized carbons (Fsp3) is 0.750. The van der Waals surface area contributed by atoms with E-state index in [1.807, 2.05) is 12.5 Å². The van der Waals surface area contributed by atoms with Crippen LogP contribution in [0.25, 0.3) is 0 Å². The lowest BCUT2D eigenvalue weighted by Crippen LogP contribution is -2.31. The molecule has 1 aliphatic rings. The highest BCUT2D eigenvalue weighted by Crippen LogP contribution is 2.31. The average molecular weight is 223 g/mol. The summed E-state index contributed by atoms with van der Waals surface area (Å²) in [6.45, 7) is 5.83. The summed E-state index contributed by atoms with van der Waals surface area (Å²) in [6, 6.07) is 0. The van der Waals surface area contributed by atoms with Crippen molar-refractivity contribution >= 4 is 0 Å². The number of ether oxygens (including phenoxy) is 1. The predicted molar refractivity (Wildman–Crippen MR) is 63.1 cm³/mol. The zero-order valence-electron chi connectivity index (χ0n) is 9.98. The van der Waals surface area contributed by atoms with Crippen molar-refractivity contribution in [1.29, 1.82) is 0 Å².